The van der Waals surface area contributed by atoms with E-state index in [2.05, 4.69) is 47.4 Å². The molecular formula is C12H21N3. The molecule has 2 aliphatic heterocycles. The lowest BCUT2D eigenvalue weighted by Crippen LogP contribution is -2.48. The molecule has 84 valence electrons. The summed E-state index contributed by atoms with van der Waals surface area (Å²) in [6.45, 7) is 8.06. The van der Waals surface area contributed by atoms with Crippen molar-refractivity contribution >= 4 is 0 Å². The normalized spacial score (nSPS) is 25.9. The van der Waals surface area contributed by atoms with E-state index in [0.29, 0.717) is 6.04 Å². The smallest absolute Gasteiger partial charge is 0.0331 e. The number of dihydropyridines is 1. The van der Waals surface area contributed by atoms with E-state index in [1.807, 2.05) is 0 Å². The van der Waals surface area contributed by atoms with E-state index in [4.69, 9.17) is 0 Å². The van der Waals surface area contributed by atoms with Crippen LogP contribution in [-0.4, -0.2) is 55.6 Å². The van der Waals surface area contributed by atoms with Gasteiger partial charge in [0.1, 0.15) is 0 Å². The first-order valence-electron chi connectivity index (χ1n) is 5.80. The summed E-state index contributed by atoms with van der Waals surface area (Å²) in [5, 5.41) is 3.20. The number of hydrogen-bond donors (Lipinski definition) is 1. The molecule has 2 heterocycles. The SMILES string of the molecule is C[C@H](C1=CCNC=C1)N1CCN(C)CC1. The van der Waals surface area contributed by atoms with Crippen molar-refractivity contribution in [2.75, 3.05) is 39.8 Å². The van der Waals surface area contributed by atoms with Crippen molar-refractivity contribution < 1.29 is 0 Å². The maximum Gasteiger partial charge on any atom is 0.0331 e. The van der Waals surface area contributed by atoms with Gasteiger partial charge >= 0.3 is 0 Å². The van der Waals surface area contributed by atoms with E-state index in [0.717, 1.165) is 6.54 Å². The molecule has 1 atom stereocenters. The van der Waals surface area contributed by atoms with E-state index in [9.17, 15) is 0 Å². The molecule has 1 fully saturated rings. The Morgan fingerprint density at radius 2 is 2.00 bits per heavy atom. The van der Waals surface area contributed by atoms with E-state index < -0.39 is 0 Å². The predicted molar refractivity (Wildman–Crippen MR) is 63.8 cm³/mol. The van der Waals surface area contributed by atoms with Crippen molar-refractivity contribution in [3.63, 3.8) is 0 Å². The second-order valence-corrected chi connectivity index (χ2v) is 4.46. The van der Waals surface area contributed by atoms with Crippen molar-refractivity contribution in [1.29, 1.82) is 0 Å². The van der Waals surface area contributed by atoms with Crippen molar-refractivity contribution in [3.8, 4) is 0 Å². The highest BCUT2D eigenvalue weighted by Gasteiger charge is 2.20. The molecule has 0 aliphatic carbocycles. The van der Waals surface area contributed by atoms with Crippen LogP contribution in [0.5, 0.6) is 0 Å². The fourth-order valence-corrected chi connectivity index (χ4v) is 2.20. The minimum Gasteiger partial charge on any atom is -0.387 e. The van der Waals surface area contributed by atoms with E-state index >= 15 is 0 Å². The van der Waals surface area contributed by atoms with Gasteiger partial charge in [0, 0.05) is 38.8 Å². The molecule has 0 radical (unpaired) electrons. The Bertz CT molecular complexity index is 262. The standard InChI is InChI=1S/C12H21N3/c1-11(12-3-5-13-6-4-12)15-9-7-14(2)8-10-15/h3-5,11,13H,6-10H2,1-2H3/t11-/m1/s1. The first kappa shape index (κ1) is 10.7. The summed E-state index contributed by atoms with van der Waals surface area (Å²) >= 11 is 0. The second kappa shape index (κ2) is 4.81. The summed E-state index contributed by atoms with van der Waals surface area (Å²) in [4.78, 5) is 4.97. The summed E-state index contributed by atoms with van der Waals surface area (Å²) < 4.78 is 0. The zero-order chi connectivity index (χ0) is 10.7. The van der Waals surface area contributed by atoms with Crippen molar-refractivity contribution in [2.24, 2.45) is 0 Å². The van der Waals surface area contributed by atoms with Gasteiger partial charge in [-0.2, -0.15) is 0 Å². The lowest BCUT2D eigenvalue weighted by Gasteiger charge is -2.37. The Morgan fingerprint density at radius 1 is 1.27 bits per heavy atom. The summed E-state index contributed by atoms with van der Waals surface area (Å²) in [5.41, 5.74) is 1.46. The minimum absolute atomic E-state index is 0.567. The third-order valence-electron chi connectivity index (χ3n) is 3.42. The van der Waals surface area contributed by atoms with Crippen LogP contribution in [0.1, 0.15) is 6.92 Å². The topological polar surface area (TPSA) is 18.5 Å². The van der Waals surface area contributed by atoms with Crippen LogP contribution in [0.15, 0.2) is 23.9 Å². The highest BCUT2D eigenvalue weighted by atomic mass is 15.3. The average molecular weight is 207 g/mol. The Labute approximate surface area is 92.4 Å². The molecule has 0 saturated carbocycles. The Balaban J connectivity index is 1.92. The molecule has 1 N–H and O–H groups in total. The largest absolute Gasteiger partial charge is 0.387 e. The molecule has 0 unspecified atom stereocenters. The number of nitrogens with zero attached hydrogens (tertiary/aromatic N) is 2. The molecule has 0 aromatic carbocycles. The summed E-state index contributed by atoms with van der Waals surface area (Å²) in [6, 6.07) is 0.567. The Hall–Kier alpha value is -0.800. The third-order valence-corrected chi connectivity index (χ3v) is 3.42. The molecule has 2 rings (SSSR count). The van der Waals surface area contributed by atoms with Gasteiger partial charge in [-0.25, -0.2) is 0 Å². The summed E-state index contributed by atoms with van der Waals surface area (Å²) in [5.74, 6) is 0. The molecule has 2 aliphatic rings. The zero-order valence-electron chi connectivity index (χ0n) is 9.74. The van der Waals surface area contributed by atoms with Gasteiger partial charge in [-0.05, 0) is 31.8 Å². The summed E-state index contributed by atoms with van der Waals surface area (Å²) in [6.07, 6.45) is 6.55. The van der Waals surface area contributed by atoms with Crippen LogP contribution in [0.25, 0.3) is 0 Å². The monoisotopic (exact) mass is 207 g/mol. The average Bonchev–Trinajstić information content (AvgIpc) is 2.30. The van der Waals surface area contributed by atoms with Gasteiger partial charge in [0.05, 0.1) is 0 Å². The van der Waals surface area contributed by atoms with Gasteiger partial charge in [0.2, 0.25) is 0 Å². The van der Waals surface area contributed by atoms with Gasteiger partial charge < -0.3 is 10.2 Å². The number of hydrogen-bond acceptors (Lipinski definition) is 3. The third kappa shape index (κ3) is 2.61. The fraction of sp³-hybridized carbons (Fsp3) is 0.667. The first-order valence-corrected chi connectivity index (χ1v) is 5.80. The number of likely N-dealkylation sites (N-methyl/N-ethyl adjacent to an activating group) is 1. The number of rotatable bonds is 2. The molecule has 0 aromatic heterocycles. The molecule has 0 amide bonds. The van der Waals surface area contributed by atoms with Gasteiger partial charge in [-0.3, -0.25) is 4.90 Å². The molecule has 0 spiro atoms. The van der Waals surface area contributed by atoms with Crippen molar-refractivity contribution in [2.45, 2.75) is 13.0 Å². The molecule has 3 nitrogen and oxygen atoms in total. The van der Waals surface area contributed by atoms with Crippen LogP contribution in [0.2, 0.25) is 0 Å². The van der Waals surface area contributed by atoms with Gasteiger partial charge in [-0.15, -0.1) is 0 Å². The maximum atomic E-state index is 3.20. The molecule has 1 saturated heterocycles. The molecular weight excluding hydrogens is 186 g/mol. The highest BCUT2D eigenvalue weighted by molar-refractivity contribution is 5.27. The van der Waals surface area contributed by atoms with Crippen LogP contribution in [0.3, 0.4) is 0 Å². The summed E-state index contributed by atoms with van der Waals surface area (Å²) in [7, 11) is 2.20. The van der Waals surface area contributed by atoms with Crippen LogP contribution < -0.4 is 5.32 Å². The van der Waals surface area contributed by atoms with Crippen LogP contribution in [-0.2, 0) is 0 Å². The van der Waals surface area contributed by atoms with Crippen LogP contribution >= 0.6 is 0 Å². The predicted octanol–water partition coefficient (Wildman–Crippen LogP) is 0.666. The van der Waals surface area contributed by atoms with Gasteiger partial charge in [0.25, 0.3) is 0 Å². The van der Waals surface area contributed by atoms with Crippen molar-refractivity contribution in [1.82, 2.24) is 15.1 Å². The van der Waals surface area contributed by atoms with Gasteiger partial charge in [0.15, 0.2) is 0 Å². The zero-order valence-corrected chi connectivity index (χ0v) is 9.74. The Kier molecular flexibility index (Phi) is 3.44. The fourth-order valence-electron chi connectivity index (χ4n) is 2.20. The minimum atomic E-state index is 0.567. The van der Waals surface area contributed by atoms with Gasteiger partial charge in [-0.1, -0.05) is 6.08 Å². The highest BCUT2D eigenvalue weighted by Crippen LogP contribution is 2.15. The quantitative estimate of drug-likeness (QED) is 0.718. The van der Waals surface area contributed by atoms with E-state index in [1.165, 1.54) is 31.8 Å². The number of nitrogens with one attached hydrogen (secondary N) is 1. The van der Waals surface area contributed by atoms with Crippen LogP contribution in [0.4, 0.5) is 0 Å². The van der Waals surface area contributed by atoms with Crippen LogP contribution in [0, 0.1) is 0 Å². The maximum absolute atomic E-state index is 3.20. The number of piperazine rings is 1. The van der Waals surface area contributed by atoms with E-state index in [1.54, 1.807) is 0 Å². The lowest BCUT2D eigenvalue weighted by molar-refractivity contribution is 0.133. The molecule has 15 heavy (non-hydrogen) atoms. The van der Waals surface area contributed by atoms with Crippen molar-refractivity contribution in [3.05, 3.63) is 23.9 Å². The molecule has 0 aromatic rings. The Morgan fingerprint density at radius 3 is 2.60 bits per heavy atom. The van der Waals surface area contributed by atoms with E-state index in [-0.39, 0.29) is 0 Å². The molecule has 3 heteroatoms. The molecule has 0 bridgehead atoms. The second-order valence-electron chi connectivity index (χ2n) is 4.46. The first-order chi connectivity index (χ1) is 7.27. The lowest BCUT2D eigenvalue weighted by atomic mass is 10.0.